The Kier molecular flexibility index (Phi) is 16.6. The Morgan fingerprint density at radius 1 is 1.00 bits per heavy atom. The largest absolute Gasteiger partial charge is 0.456 e. The average molecular weight is 1040 g/mol. The average Bonchev–Trinajstić information content (AvgIpc) is 3.64. The van der Waals surface area contributed by atoms with Crippen LogP contribution in [0.3, 0.4) is 0 Å². The lowest BCUT2D eigenvalue weighted by atomic mass is 9.78. The van der Waals surface area contributed by atoms with E-state index < -0.39 is 69.9 Å². The summed E-state index contributed by atoms with van der Waals surface area (Å²) in [5.74, 6) is -1.99. The number of rotatable bonds is 8. The van der Waals surface area contributed by atoms with Crippen LogP contribution in [0.2, 0.25) is 5.02 Å². The van der Waals surface area contributed by atoms with Gasteiger partial charge in [-0.25, -0.2) is 0 Å². The second-order valence-electron chi connectivity index (χ2n) is 18.8. The Labute approximate surface area is 399 Å². The van der Waals surface area contributed by atoms with E-state index in [1.165, 1.54) is 25.2 Å². The number of aliphatic hydroxyl groups excluding tert-OH is 3. The minimum atomic E-state index is -1.92. The summed E-state index contributed by atoms with van der Waals surface area (Å²) >= 11 is 9.57. The number of benzene rings is 2. The van der Waals surface area contributed by atoms with Gasteiger partial charge in [0.05, 0.1) is 34.7 Å². The molecule has 14 nitrogen and oxygen atoms in total. The number of carbonyl (C=O) groups is 2. The molecule has 3 aliphatic heterocycles. The molecule has 0 spiro atoms. The fraction of sp³-hybridized carbons (Fsp3) is 0.617. The highest BCUT2D eigenvalue weighted by Gasteiger charge is 2.50. The molecule has 2 aromatic carbocycles. The normalized spacial score (nSPS) is 35.4. The Hall–Kier alpha value is -2.46. The van der Waals surface area contributed by atoms with Crippen LogP contribution in [-0.4, -0.2) is 145 Å². The molecule has 0 radical (unpaired) electrons. The Morgan fingerprint density at radius 2 is 1.69 bits per heavy atom. The van der Waals surface area contributed by atoms with Crippen molar-refractivity contribution in [2.24, 2.45) is 17.8 Å². The van der Waals surface area contributed by atoms with Crippen LogP contribution in [0.25, 0.3) is 21.6 Å². The van der Waals surface area contributed by atoms with E-state index in [0.717, 1.165) is 21.6 Å². The van der Waals surface area contributed by atoms with Crippen molar-refractivity contribution in [3.8, 4) is 33.1 Å². The van der Waals surface area contributed by atoms with Crippen LogP contribution in [-0.2, 0) is 19.0 Å². The topological polar surface area (TPSA) is 191 Å². The zero-order valence-corrected chi connectivity index (χ0v) is 41.8. The van der Waals surface area contributed by atoms with E-state index >= 15 is 0 Å². The molecular weight excluding hydrogens is 977 g/mol. The highest BCUT2D eigenvalue weighted by Crippen LogP contribution is 2.50. The van der Waals surface area contributed by atoms with Gasteiger partial charge < -0.3 is 54.7 Å². The number of likely N-dealkylation sites (N-methyl/N-ethyl adjacent to an activating group) is 1. The van der Waals surface area contributed by atoms with Crippen molar-refractivity contribution in [2.45, 2.75) is 132 Å². The lowest BCUT2D eigenvalue weighted by molar-refractivity contribution is -0.299. The van der Waals surface area contributed by atoms with Crippen LogP contribution >= 0.6 is 45.5 Å². The van der Waals surface area contributed by atoms with Crippen molar-refractivity contribution in [2.75, 3.05) is 33.7 Å². The molecule has 3 aromatic rings. The number of alkyl halides is 1. The van der Waals surface area contributed by atoms with Crippen LogP contribution in [0, 0.1) is 17.8 Å². The minimum absolute atomic E-state index is 0.149. The van der Waals surface area contributed by atoms with Gasteiger partial charge in [-0.15, -0.1) is 11.3 Å². The van der Waals surface area contributed by atoms with Gasteiger partial charge in [-0.1, -0.05) is 43.6 Å². The summed E-state index contributed by atoms with van der Waals surface area (Å²) in [6, 6.07) is 14.0. The van der Waals surface area contributed by atoms with E-state index in [-0.39, 0.29) is 36.9 Å². The quantitative estimate of drug-likeness (QED) is 0.0500. The van der Waals surface area contributed by atoms with Crippen molar-refractivity contribution in [1.29, 1.82) is 0 Å². The van der Waals surface area contributed by atoms with E-state index in [2.05, 4.69) is 5.32 Å². The van der Waals surface area contributed by atoms with E-state index in [0.29, 0.717) is 47.3 Å². The Bertz CT molecular complexity index is 2110. The van der Waals surface area contributed by atoms with Gasteiger partial charge in [-0.3, -0.25) is 14.5 Å². The number of carbonyl (C=O) groups excluding carboxylic acids is 2. The predicted octanol–water partition coefficient (Wildman–Crippen LogP) is 6.30. The van der Waals surface area contributed by atoms with Gasteiger partial charge in [0.15, 0.2) is 10.4 Å². The number of nitrogens with zero attached hydrogens (tertiary/aromatic N) is 2. The molecule has 14 atom stereocenters. The predicted molar refractivity (Wildman–Crippen MR) is 255 cm³/mol. The first-order valence-corrected chi connectivity index (χ1v) is 24.5. The fourth-order valence-corrected chi connectivity index (χ4v) is 11.3. The highest BCUT2D eigenvalue weighted by molar-refractivity contribution is 14.1. The highest BCUT2D eigenvalue weighted by atomic mass is 127. The number of fused-ring (bicyclic) bond motifs is 5. The maximum absolute atomic E-state index is 13.8. The van der Waals surface area contributed by atoms with Gasteiger partial charge >= 0.3 is 5.97 Å². The molecule has 6 N–H and O–H groups in total. The number of nitrogens with one attached hydrogen (secondary N) is 1. The Balaban J connectivity index is 1.22. The fourth-order valence-electron chi connectivity index (χ4n) is 9.45. The summed E-state index contributed by atoms with van der Waals surface area (Å²) in [4.78, 5) is 32.7. The number of para-hydroxylation sites is 1. The van der Waals surface area contributed by atoms with Crippen LogP contribution in [0.15, 0.2) is 48.5 Å². The third-order valence-electron chi connectivity index (χ3n) is 13.1. The molecular formula is C47H65ClIN3O11S. The van der Waals surface area contributed by atoms with Gasteiger partial charge in [0.2, 0.25) is 0 Å². The molecule has 4 heterocycles. The van der Waals surface area contributed by atoms with Crippen LogP contribution < -0.4 is 10.1 Å². The molecule has 6 rings (SSSR count). The summed E-state index contributed by atoms with van der Waals surface area (Å²) in [6.45, 7) is 12.8. The molecule has 1 amide bonds. The molecule has 3 aliphatic rings. The second kappa shape index (κ2) is 20.8. The van der Waals surface area contributed by atoms with Crippen molar-refractivity contribution in [3.63, 3.8) is 0 Å². The molecule has 64 heavy (non-hydrogen) atoms. The molecule has 2 saturated heterocycles. The summed E-state index contributed by atoms with van der Waals surface area (Å²) in [6.07, 6.45) is -5.22. The number of halogens is 2. The number of thiophene rings is 1. The number of aliphatic hydroxyl groups is 5. The Morgan fingerprint density at radius 3 is 2.39 bits per heavy atom. The van der Waals surface area contributed by atoms with E-state index in [1.807, 2.05) is 80.2 Å². The molecule has 0 bridgehead atoms. The number of hydrogen-bond donors (Lipinski definition) is 6. The number of ether oxygens (including phenoxy) is 4. The summed E-state index contributed by atoms with van der Waals surface area (Å²) in [5, 5.41) is 62.7. The van der Waals surface area contributed by atoms with Gasteiger partial charge in [0.25, 0.3) is 5.91 Å². The summed E-state index contributed by atoms with van der Waals surface area (Å²) in [7, 11) is 3.73. The third-order valence-corrected chi connectivity index (χ3v) is 16.1. The zero-order valence-electron chi connectivity index (χ0n) is 38.0. The maximum Gasteiger partial charge on any atom is 0.312 e. The maximum atomic E-state index is 13.8. The van der Waals surface area contributed by atoms with Crippen LogP contribution in [0.5, 0.6) is 11.5 Å². The van der Waals surface area contributed by atoms with Gasteiger partial charge in [0.1, 0.15) is 29.3 Å². The van der Waals surface area contributed by atoms with Gasteiger partial charge in [-0.2, -0.15) is 0 Å². The molecule has 2 fully saturated rings. The lowest BCUT2D eigenvalue weighted by Gasteiger charge is -2.46. The molecule has 354 valence electrons. The first-order valence-electron chi connectivity index (χ1n) is 22.1. The molecule has 0 saturated carbocycles. The van der Waals surface area contributed by atoms with Crippen LogP contribution in [0.1, 0.15) is 77.4 Å². The molecule has 17 heteroatoms. The molecule has 0 aliphatic carbocycles. The second-order valence-corrected chi connectivity index (χ2v) is 21.4. The van der Waals surface area contributed by atoms with Crippen molar-refractivity contribution >= 4 is 57.4 Å². The number of esters is 1. The summed E-state index contributed by atoms with van der Waals surface area (Å²) in [5.41, 5.74) is -1.02. The molecule has 0 unspecified atom stereocenters. The first kappa shape index (κ1) is 50.9. The minimum Gasteiger partial charge on any atom is -0.456 e. The number of amides is 1. The van der Waals surface area contributed by atoms with Crippen molar-refractivity contribution in [3.05, 3.63) is 58.4 Å². The molecule has 1 aromatic heterocycles. The van der Waals surface area contributed by atoms with Gasteiger partial charge in [0, 0.05) is 64.2 Å². The first-order chi connectivity index (χ1) is 30.0. The van der Waals surface area contributed by atoms with Crippen molar-refractivity contribution < 1.29 is 54.1 Å². The van der Waals surface area contributed by atoms with Crippen LogP contribution in [0.4, 0.5) is 0 Å². The zero-order chi connectivity index (χ0) is 47.0. The SMILES string of the molecule is C[C@H]1CN(CCCNC(=O)c2cc3c(s2)-c2cc(Cl)ccc2Oc2ccccc2-3)[C@H](C)[C@@H](O)[C@](C)(O)[C@@H](I)OC(=O)[C@H](C)[C@@H](O)[C@H](C)[C@@H](O[C@@H]2O[C@H](C)C[C@H](N(C)C)[C@H]2O)[C@](C)(O)C1. The van der Waals surface area contributed by atoms with E-state index in [4.69, 9.17) is 30.5 Å². The van der Waals surface area contributed by atoms with E-state index in [1.54, 1.807) is 49.4 Å². The summed E-state index contributed by atoms with van der Waals surface area (Å²) < 4.78 is 23.4. The van der Waals surface area contributed by atoms with Crippen molar-refractivity contribution in [1.82, 2.24) is 15.1 Å². The number of hydrogen-bond acceptors (Lipinski definition) is 14. The van der Waals surface area contributed by atoms with E-state index in [9.17, 15) is 35.1 Å². The number of cyclic esters (lactones) is 1. The lowest BCUT2D eigenvalue weighted by Crippen LogP contribution is -2.59. The smallest absolute Gasteiger partial charge is 0.312 e. The van der Waals surface area contributed by atoms with Gasteiger partial charge in [-0.05, 0) is 127 Å². The monoisotopic (exact) mass is 1040 g/mol. The standard InChI is InChI=1S/C47H65ClIN3O11S/c1-24-22-46(6,58)41(62-44-38(54)33(51(8)9)19-25(2)60-44)26(3)37(53)27(4)43(57)63-45(49)47(7,59)40(55)28(5)52(23-24)18-12-17-50-42(56)36-21-31-30-13-10-11-14-34(30)61-35-16-15-29(48)20-32(35)39(31)64-36/h10-11,13-16,20-21,24-28,33,37-38,40-41,44-45,53-55,58-59H,12,17-19,22-23H2,1-9H3,(H,50,56)/t24-,25-,26+,27-,28-,33+,37+,38-,40-,41-,44+,45+,46-,47+/m1/s1. The third kappa shape index (κ3) is 11.1.